The number of amides is 3. The van der Waals surface area contributed by atoms with Crippen molar-refractivity contribution >= 4 is 64.0 Å². The monoisotopic (exact) mass is 727 g/mol. The van der Waals surface area contributed by atoms with E-state index in [4.69, 9.17) is 0 Å². The highest BCUT2D eigenvalue weighted by Gasteiger charge is 2.54. The molecule has 3 amide bonds. The summed E-state index contributed by atoms with van der Waals surface area (Å²) in [6.45, 7) is 2.03. The smallest absolute Gasteiger partial charge is 0.352 e. The quantitative estimate of drug-likeness (QED) is 0.112. The van der Waals surface area contributed by atoms with Gasteiger partial charge < -0.3 is 31.1 Å². The number of fused-ring (bicyclic) bond motifs is 2. The standard InChI is InChI=1S/C37H37N5O7S2/c1-38-16-20-2-4-21(5-3-20)29-15-27(17-39-29)41-11-10-24(33(41)44)13-26-18-51-35-31(34(45)42(35)32(26)37(48)49)40-30(43)19-50-28-9-8-22-12-25(36(46)47)7-6-23(22)14-28/h2-9,12-14,27,29,31,35,38-39H,10-11,15-19H2,1H3,(H,40,43)(H,46,47)(H,48,49)/b24-13+/t27-,29+,31+,35+/m0/s1. The predicted octanol–water partition coefficient (Wildman–Crippen LogP) is 3.35. The zero-order valence-corrected chi connectivity index (χ0v) is 29.4. The predicted molar refractivity (Wildman–Crippen MR) is 194 cm³/mol. The Balaban J connectivity index is 0.963. The normalized spacial score (nSPS) is 23.9. The third-order valence-corrected chi connectivity index (χ3v) is 12.1. The Kier molecular flexibility index (Phi) is 9.92. The number of nitrogens with one attached hydrogen (secondary N) is 3. The number of hydrogen-bond donors (Lipinski definition) is 5. The van der Waals surface area contributed by atoms with Crippen LogP contribution < -0.4 is 16.0 Å². The fourth-order valence-electron chi connectivity index (χ4n) is 7.17. The second kappa shape index (κ2) is 14.5. The zero-order chi connectivity index (χ0) is 35.8. The van der Waals surface area contributed by atoms with Gasteiger partial charge in [0.2, 0.25) is 11.8 Å². The lowest BCUT2D eigenvalue weighted by atomic mass is 10.0. The van der Waals surface area contributed by atoms with Gasteiger partial charge in [-0.2, -0.15) is 0 Å². The van der Waals surface area contributed by atoms with Crippen molar-refractivity contribution in [3.05, 3.63) is 100 Å². The fraction of sp³-hybridized carbons (Fsp3) is 0.324. The molecule has 0 aromatic heterocycles. The number of benzene rings is 3. The summed E-state index contributed by atoms with van der Waals surface area (Å²) >= 11 is 2.65. The minimum atomic E-state index is -1.25. The van der Waals surface area contributed by atoms with Crippen molar-refractivity contribution in [2.75, 3.05) is 31.6 Å². The maximum atomic E-state index is 13.6. The maximum absolute atomic E-state index is 13.6. The summed E-state index contributed by atoms with van der Waals surface area (Å²) < 4.78 is 0. The van der Waals surface area contributed by atoms with Gasteiger partial charge in [0.1, 0.15) is 17.1 Å². The first kappa shape index (κ1) is 34.8. The number of likely N-dealkylation sites (tertiary alicyclic amines) is 1. The van der Waals surface area contributed by atoms with Crippen molar-refractivity contribution in [2.24, 2.45) is 0 Å². The molecule has 3 fully saturated rings. The van der Waals surface area contributed by atoms with Gasteiger partial charge in [0, 0.05) is 47.9 Å². The first-order chi connectivity index (χ1) is 24.6. The van der Waals surface area contributed by atoms with E-state index in [9.17, 15) is 34.2 Å². The number of aromatic carboxylic acids is 1. The first-order valence-corrected chi connectivity index (χ1v) is 18.7. The zero-order valence-electron chi connectivity index (χ0n) is 27.8. The Morgan fingerprint density at radius 1 is 1.02 bits per heavy atom. The van der Waals surface area contributed by atoms with Gasteiger partial charge in [-0.05, 0) is 77.7 Å². The van der Waals surface area contributed by atoms with Crippen molar-refractivity contribution in [2.45, 2.75) is 47.8 Å². The lowest BCUT2D eigenvalue weighted by molar-refractivity contribution is -0.150. The van der Waals surface area contributed by atoms with Crippen LogP contribution in [-0.4, -0.2) is 98.8 Å². The summed E-state index contributed by atoms with van der Waals surface area (Å²) in [7, 11) is 1.91. The first-order valence-electron chi connectivity index (χ1n) is 16.7. The van der Waals surface area contributed by atoms with Crippen molar-refractivity contribution in [1.29, 1.82) is 0 Å². The fourth-order valence-corrected chi connectivity index (χ4v) is 9.23. The molecule has 3 saturated heterocycles. The number of nitrogens with zero attached hydrogens (tertiary/aromatic N) is 2. The van der Waals surface area contributed by atoms with Crippen LogP contribution >= 0.6 is 23.5 Å². The van der Waals surface area contributed by atoms with Crippen LogP contribution in [-0.2, 0) is 25.7 Å². The minimum absolute atomic E-state index is 0.0242. The van der Waals surface area contributed by atoms with Gasteiger partial charge in [-0.3, -0.25) is 19.3 Å². The number of allylic oxidation sites excluding steroid dienone is 1. The summed E-state index contributed by atoms with van der Waals surface area (Å²) in [5, 5.41) is 29.9. The molecule has 4 aliphatic heterocycles. The van der Waals surface area contributed by atoms with Crippen molar-refractivity contribution in [1.82, 2.24) is 25.8 Å². The van der Waals surface area contributed by atoms with E-state index in [0.717, 1.165) is 28.6 Å². The minimum Gasteiger partial charge on any atom is -0.478 e. The van der Waals surface area contributed by atoms with Crippen LogP contribution in [0.2, 0.25) is 0 Å². The molecule has 12 nitrogen and oxygen atoms in total. The van der Waals surface area contributed by atoms with Gasteiger partial charge in [0.15, 0.2) is 0 Å². The molecule has 0 saturated carbocycles. The molecule has 3 aromatic rings. The molecule has 0 unspecified atom stereocenters. The van der Waals surface area contributed by atoms with Crippen molar-refractivity contribution < 1.29 is 34.2 Å². The van der Waals surface area contributed by atoms with E-state index in [0.29, 0.717) is 30.7 Å². The van der Waals surface area contributed by atoms with Crippen molar-refractivity contribution in [3.63, 3.8) is 0 Å². The molecule has 0 bridgehead atoms. The van der Waals surface area contributed by atoms with Crippen molar-refractivity contribution in [3.8, 4) is 0 Å². The maximum Gasteiger partial charge on any atom is 0.352 e. The molecule has 5 N–H and O–H groups in total. The molecule has 3 aromatic carbocycles. The van der Waals surface area contributed by atoms with E-state index in [1.807, 2.05) is 18.0 Å². The highest BCUT2D eigenvalue weighted by Crippen LogP contribution is 2.42. The Bertz CT molecular complexity index is 2000. The van der Waals surface area contributed by atoms with Crippen LogP contribution in [0, 0.1) is 0 Å². The lowest BCUT2D eigenvalue weighted by Gasteiger charge is -2.49. The molecule has 4 atom stereocenters. The largest absolute Gasteiger partial charge is 0.478 e. The molecule has 4 heterocycles. The summed E-state index contributed by atoms with van der Waals surface area (Å²) in [5.74, 6) is -2.90. The van der Waals surface area contributed by atoms with Gasteiger partial charge in [-0.15, -0.1) is 23.5 Å². The van der Waals surface area contributed by atoms with Crippen LogP contribution in [0.25, 0.3) is 10.8 Å². The number of carbonyl (C=O) groups excluding carboxylic acids is 3. The molecule has 0 aliphatic carbocycles. The Labute approximate surface area is 302 Å². The number of carboxylic acid groups (broad SMARTS) is 2. The van der Waals surface area contributed by atoms with Crippen LogP contribution in [0.1, 0.15) is 40.4 Å². The van der Waals surface area contributed by atoms with Gasteiger partial charge >= 0.3 is 11.9 Å². The number of rotatable bonds is 11. The number of aliphatic carboxylic acids is 1. The SMILES string of the molecule is CNCc1ccc([C@H]2C[C@H](N3CC/C(=C\C4=C(C(=O)O)N5C(=O)[C@@H](NC(=O)CSc6ccc7cc(C(=O)O)ccc7c6)[C@H]5SC4)C3=O)CN2)cc1. The molecule has 51 heavy (non-hydrogen) atoms. The van der Waals surface area contributed by atoms with E-state index < -0.39 is 29.3 Å². The van der Waals surface area contributed by atoms with Crippen LogP contribution in [0.3, 0.4) is 0 Å². The van der Waals surface area contributed by atoms with Gasteiger partial charge in [0.25, 0.3) is 5.91 Å². The topological polar surface area (TPSA) is 168 Å². The summed E-state index contributed by atoms with van der Waals surface area (Å²) in [6, 6.07) is 18.1. The summed E-state index contributed by atoms with van der Waals surface area (Å²) in [5.41, 5.74) is 3.39. The van der Waals surface area contributed by atoms with Gasteiger partial charge in [-0.1, -0.05) is 36.4 Å². The van der Waals surface area contributed by atoms with E-state index in [-0.39, 0.29) is 46.7 Å². The third-order valence-electron chi connectivity index (χ3n) is 9.76. The molecule has 0 spiro atoms. The number of carboxylic acids is 2. The Morgan fingerprint density at radius 3 is 2.53 bits per heavy atom. The number of hydrogen-bond acceptors (Lipinski definition) is 9. The van der Waals surface area contributed by atoms with E-state index in [1.54, 1.807) is 30.3 Å². The molecular weight excluding hydrogens is 691 g/mol. The summed E-state index contributed by atoms with van der Waals surface area (Å²) in [4.78, 5) is 67.3. The number of carbonyl (C=O) groups is 5. The van der Waals surface area contributed by atoms with Gasteiger partial charge in [-0.25, -0.2) is 9.59 Å². The average molecular weight is 728 g/mol. The van der Waals surface area contributed by atoms with Crippen LogP contribution in [0.4, 0.5) is 0 Å². The Hall–Kier alpha value is -4.63. The number of thioether (sulfide) groups is 2. The van der Waals surface area contributed by atoms with E-state index in [2.05, 4.69) is 40.2 Å². The molecule has 14 heteroatoms. The van der Waals surface area contributed by atoms with Crippen LogP contribution in [0.5, 0.6) is 0 Å². The van der Waals surface area contributed by atoms with Crippen LogP contribution in [0.15, 0.2) is 88.5 Å². The van der Waals surface area contributed by atoms with E-state index in [1.165, 1.54) is 45.6 Å². The molecular formula is C37H37N5O7S2. The second-order valence-electron chi connectivity index (χ2n) is 13.0. The second-order valence-corrected chi connectivity index (χ2v) is 15.1. The Morgan fingerprint density at radius 2 is 1.78 bits per heavy atom. The molecule has 0 radical (unpaired) electrons. The lowest BCUT2D eigenvalue weighted by Crippen LogP contribution is -2.70. The van der Waals surface area contributed by atoms with Gasteiger partial charge in [0.05, 0.1) is 11.3 Å². The third kappa shape index (κ3) is 7.01. The highest BCUT2D eigenvalue weighted by molar-refractivity contribution is 8.00. The molecule has 264 valence electrons. The average Bonchev–Trinajstić information content (AvgIpc) is 3.76. The molecule has 7 rings (SSSR count). The van der Waals surface area contributed by atoms with E-state index >= 15 is 0 Å². The number of β-lactam (4-membered cyclic amide) rings is 1. The highest BCUT2D eigenvalue weighted by atomic mass is 32.2. The summed E-state index contributed by atoms with van der Waals surface area (Å²) in [6.07, 6.45) is 2.93. The molecule has 4 aliphatic rings.